The number of pyridine rings is 1. The zero-order chi connectivity index (χ0) is 15.2. The van der Waals surface area contributed by atoms with Crippen molar-refractivity contribution in [3.8, 4) is 11.6 Å². The average molecular weight is 290 g/mol. The predicted molar refractivity (Wildman–Crippen MR) is 79.0 cm³/mol. The normalized spacial score (nSPS) is 12.0. The first-order valence-corrected chi connectivity index (χ1v) is 6.69. The van der Waals surface area contributed by atoms with Gasteiger partial charge in [0.25, 0.3) is 0 Å². The van der Waals surface area contributed by atoms with E-state index in [0.29, 0.717) is 18.2 Å². The number of benzene rings is 1. The Morgan fingerprint density at radius 2 is 2.00 bits per heavy atom. The minimum atomic E-state index is -0.273. The maximum Gasteiger partial charge on any atom is 0.212 e. The Kier molecular flexibility index (Phi) is 5.11. The van der Waals surface area contributed by atoms with Crippen LogP contribution in [0, 0.1) is 5.82 Å². The van der Waals surface area contributed by atoms with Crippen molar-refractivity contribution in [2.75, 3.05) is 14.2 Å². The lowest BCUT2D eigenvalue weighted by Gasteiger charge is -2.17. The minimum absolute atomic E-state index is 0.0437. The van der Waals surface area contributed by atoms with Crippen molar-refractivity contribution in [3.63, 3.8) is 0 Å². The number of ether oxygens (including phenoxy) is 2. The third kappa shape index (κ3) is 3.92. The van der Waals surface area contributed by atoms with Crippen molar-refractivity contribution >= 4 is 0 Å². The van der Waals surface area contributed by atoms with E-state index in [1.165, 1.54) is 12.1 Å². The van der Waals surface area contributed by atoms with Gasteiger partial charge in [-0.2, -0.15) is 0 Å². The standard InChI is InChI=1S/C16H19FN2O2/c1-11(14-8-13(17)5-6-15(14)20-2)18-9-12-4-7-16(21-3)19-10-12/h4-8,10-11,18H,9H2,1-3H3. The van der Waals surface area contributed by atoms with Gasteiger partial charge in [0.05, 0.1) is 14.2 Å². The van der Waals surface area contributed by atoms with Crippen LogP contribution in [-0.4, -0.2) is 19.2 Å². The molecule has 1 aromatic carbocycles. The summed E-state index contributed by atoms with van der Waals surface area (Å²) in [5.74, 6) is 0.980. The second-order valence-electron chi connectivity index (χ2n) is 4.70. The smallest absolute Gasteiger partial charge is 0.212 e. The van der Waals surface area contributed by atoms with Gasteiger partial charge in [-0.1, -0.05) is 6.07 Å². The number of nitrogens with zero attached hydrogens (tertiary/aromatic N) is 1. The Bertz CT molecular complexity index is 587. The largest absolute Gasteiger partial charge is 0.496 e. The summed E-state index contributed by atoms with van der Waals surface area (Å²) in [6.07, 6.45) is 1.75. The molecule has 0 amide bonds. The number of hydrogen-bond donors (Lipinski definition) is 1. The van der Waals surface area contributed by atoms with Crippen molar-refractivity contribution in [2.45, 2.75) is 19.5 Å². The SMILES string of the molecule is COc1ccc(CNC(C)c2cc(F)ccc2OC)cn1. The molecule has 0 fully saturated rings. The first-order chi connectivity index (χ1) is 10.1. The van der Waals surface area contributed by atoms with E-state index in [-0.39, 0.29) is 11.9 Å². The van der Waals surface area contributed by atoms with E-state index in [9.17, 15) is 4.39 Å². The number of halogens is 1. The number of rotatable bonds is 6. The Balaban J connectivity index is 2.03. The fourth-order valence-corrected chi connectivity index (χ4v) is 2.06. The molecule has 0 saturated carbocycles. The first-order valence-electron chi connectivity index (χ1n) is 6.69. The molecule has 2 rings (SSSR count). The molecule has 0 aliphatic heterocycles. The second-order valence-corrected chi connectivity index (χ2v) is 4.70. The summed E-state index contributed by atoms with van der Waals surface area (Å²) in [4.78, 5) is 4.15. The predicted octanol–water partition coefficient (Wildman–Crippen LogP) is 3.09. The summed E-state index contributed by atoms with van der Waals surface area (Å²) in [6.45, 7) is 2.59. The summed E-state index contributed by atoms with van der Waals surface area (Å²) >= 11 is 0. The Labute approximate surface area is 123 Å². The zero-order valence-electron chi connectivity index (χ0n) is 12.4. The van der Waals surface area contributed by atoms with E-state index >= 15 is 0 Å². The van der Waals surface area contributed by atoms with Gasteiger partial charge in [-0.05, 0) is 30.7 Å². The molecule has 1 N–H and O–H groups in total. The summed E-state index contributed by atoms with van der Waals surface area (Å²) in [5.41, 5.74) is 1.82. The molecule has 0 saturated heterocycles. The van der Waals surface area contributed by atoms with Gasteiger partial charge in [0.15, 0.2) is 0 Å². The molecule has 1 heterocycles. The Hall–Kier alpha value is -2.14. The van der Waals surface area contributed by atoms with Crippen LogP contribution in [-0.2, 0) is 6.54 Å². The van der Waals surface area contributed by atoms with Crippen molar-refractivity contribution in [3.05, 3.63) is 53.5 Å². The Morgan fingerprint density at radius 1 is 1.19 bits per heavy atom. The first kappa shape index (κ1) is 15.3. The van der Waals surface area contributed by atoms with Crippen LogP contribution in [0.2, 0.25) is 0 Å². The van der Waals surface area contributed by atoms with Crippen molar-refractivity contribution < 1.29 is 13.9 Å². The fraction of sp³-hybridized carbons (Fsp3) is 0.312. The molecule has 21 heavy (non-hydrogen) atoms. The van der Waals surface area contributed by atoms with Gasteiger partial charge in [0.1, 0.15) is 11.6 Å². The lowest BCUT2D eigenvalue weighted by Crippen LogP contribution is -2.19. The van der Waals surface area contributed by atoms with E-state index in [2.05, 4.69) is 10.3 Å². The van der Waals surface area contributed by atoms with Crippen LogP contribution in [0.1, 0.15) is 24.1 Å². The fourth-order valence-electron chi connectivity index (χ4n) is 2.06. The molecular weight excluding hydrogens is 271 g/mol. The van der Waals surface area contributed by atoms with E-state index < -0.39 is 0 Å². The monoisotopic (exact) mass is 290 g/mol. The molecule has 1 aromatic heterocycles. The van der Waals surface area contributed by atoms with Crippen LogP contribution in [0.25, 0.3) is 0 Å². The van der Waals surface area contributed by atoms with Crippen LogP contribution in [0.15, 0.2) is 36.5 Å². The lowest BCUT2D eigenvalue weighted by molar-refractivity contribution is 0.396. The van der Waals surface area contributed by atoms with Crippen LogP contribution in [0.5, 0.6) is 11.6 Å². The third-order valence-corrected chi connectivity index (χ3v) is 3.28. The number of nitrogens with one attached hydrogen (secondary N) is 1. The topological polar surface area (TPSA) is 43.4 Å². The summed E-state index contributed by atoms with van der Waals surface area (Å²) < 4.78 is 23.7. The number of aromatic nitrogens is 1. The molecule has 5 heteroatoms. The molecular formula is C16H19FN2O2. The maximum absolute atomic E-state index is 13.4. The van der Waals surface area contributed by atoms with E-state index in [0.717, 1.165) is 11.1 Å². The molecule has 1 unspecified atom stereocenters. The molecule has 112 valence electrons. The van der Waals surface area contributed by atoms with Crippen LogP contribution in [0.4, 0.5) is 4.39 Å². The molecule has 0 aliphatic carbocycles. The summed E-state index contributed by atoms with van der Waals surface area (Å²) in [5, 5.41) is 3.33. The minimum Gasteiger partial charge on any atom is -0.496 e. The van der Waals surface area contributed by atoms with Crippen molar-refractivity contribution in [1.29, 1.82) is 0 Å². The van der Waals surface area contributed by atoms with Gasteiger partial charge in [0.2, 0.25) is 5.88 Å². The molecule has 0 aliphatic rings. The highest BCUT2D eigenvalue weighted by Gasteiger charge is 2.12. The van der Waals surface area contributed by atoms with Crippen molar-refractivity contribution in [2.24, 2.45) is 0 Å². The summed E-state index contributed by atoms with van der Waals surface area (Å²) in [6, 6.07) is 8.22. The quantitative estimate of drug-likeness (QED) is 0.888. The molecule has 0 spiro atoms. The van der Waals surface area contributed by atoms with Gasteiger partial charge in [-0.15, -0.1) is 0 Å². The zero-order valence-corrected chi connectivity index (χ0v) is 12.4. The highest BCUT2D eigenvalue weighted by Crippen LogP contribution is 2.26. The number of methoxy groups -OCH3 is 2. The highest BCUT2D eigenvalue weighted by molar-refractivity contribution is 5.36. The van der Waals surface area contributed by atoms with Gasteiger partial charge in [-0.25, -0.2) is 9.37 Å². The van der Waals surface area contributed by atoms with Crippen molar-refractivity contribution in [1.82, 2.24) is 10.3 Å². The second kappa shape index (κ2) is 7.04. The highest BCUT2D eigenvalue weighted by atomic mass is 19.1. The molecule has 0 bridgehead atoms. The van der Waals surface area contributed by atoms with Crippen LogP contribution < -0.4 is 14.8 Å². The number of hydrogen-bond acceptors (Lipinski definition) is 4. The maximum atomic E-state index is 13.4. The molecule has 2 aromatic rings. The van der Waals surface area contributed by atoms with E-state index in [4.69, 9.17) is 9.47 Å². The summed E-state index contributed by atoms with van der Waals surface area (Å²) in [7, 11) is 3.16. The van der Waals surface area contributed by atoms with Crippen LogP contribution in [0.3, 0.4) is 0 Å². The molecule has 1 atom stereocenters. The van der Waals surface area contributed by atoms with Gasteiger partial charge in [0, 0.05) is 30.4 Å². The molecule has 4 nitrogen and oxygen atoms in total. The Morgan fingerprint density at radius 3 is 2.62 bits per heavy atom. The van der Waals surface area contributed by atoms with Crippen LogP contribution >= 0.6 is 0 Å². The average Bonchev–Trinajstić information content (AvgIpc) is 2.53. The third-order valence-electron chi connectivity index (χ3n) is 3.28. The van der Waals surface area contributed by atoms with E-state index in [1.54, 1.807) is 26.5 Å². The molecule has 0 radical (unpaired) electrons. The van der Waals surface area contributed by atoms with Gasteiger partial charge < -0.3 is 14.8 Å². The van der Waals surface area contributed by atoms with E-state index in [1.807, 2.05) is 19.1 Å². The lowest BCUT2D eigenvalue weighted by atomic mass is 10.1. The van der Waals surface area contributed by atoms with Gasteiger partial charge >= 0.3 is 0 Å². The van der Waals surface area contributed by atoms with Gasteiger partial charge in [-0.3, -0.25) is 0 Å².